The maximum atomic E-state index is 12.9. The van der Waals surface area contributed by atoms with Crippen molar-refractivity contribution >= 4 is 40.6 Å². The van der Waals surface area contributed by atoms with Crippen LogP contribution < -0.4 is 4.74 Å². The van der Waals surface area contributed by atoms with Crippen molar-refractivity contribution in [3.8, 4) is 5.75 Å². The van der Waals surface area contributed by atoms with Crippen LogP contribution in [-0.4, -0.2) is 27.7 Å². The predicted molar refractivity (Wildman–Crippen MR) is 129 cm³/mol. The molecule has 0 amide bonds. The van der Waals surface area contributed by atoms with Crippen LogP contribution >= 0.6 is 11.8 Å². The van der Waals surface area contributed by atoms with Crippen LogP contribution in [-0.2, 0) is 4.79 Å². The molecule has 0 unspecified atom stereocenters. The Morgan fingerprint density at radius 3 is 2.38 bits per heavy atom. The van der Waals surface area contributed by atoms with Gasteiger partial charge in [-0.3, -0.25) is 4.79 Å². The molecule has 3 rings (SSSR count). The van der Waals surface area contributed by atoms with E-state index in [9.17, 15) is 14.7 Å². The molecule has 0 fully saturated rings. The van der Waals surface area contributed by atoms with Crippen LogP contribution in [0.1, 0.15) is 54.7 Å². The van der Waals surface area contributed by atoms with Crippen LogP contribution in [0.4, 0.5) is 0 Å². The van der Waals surface area contributed by atoms with E-state index in [1.165, 1.54) is 19.9 Å². The summed E-state index contributed by atoms with van der Waals surface area (Å²) >= 11 is 1.74. The highest BCUT2D eigenvalue weighted by Gasteiger charge is 2.30. The Hall–Kier alpha value is -2.99. The third-order valence-electron chi connectivity index (χ3n) is 4.99. The number of benzene rings is 2. The third-order valence-corrected chi connectivity index (χ3v) is 6.07. The van der Waals surface area contributed by atoms with Gasteiger partial charge in [0.15, 0.2) is 11.4 Å². The van der Waals surface area contributed by atoms with E-state index in [1.54, 1.807) is 24.1 Å². The summed E-state index contributed by atoms with van der Waals surface area (Å²) in [6.07, 6.45) is 4.89. The van der Waals surface area contributed by atoms with Crippen LogP contribution in [0.3, 0.4) is 0 Å². The van der Waals surface area contributed by atoms with Gasteiger partial charge in [0, 0.05) is 15.5 Å². The summed E-state index contributed by atoms with van der Waals surface area (Å²) in [7, 11) is 0. The summed E-state index contributed by atoms with van der Waals surface area (Å²) in [5, 5.41) is 10.7. The molecular formula is C26H28O5S. The van der Waals surface area contributed by atoms with Crippen molar-refractivity contribution < 1.29 is 23.8 Å². The molecule has 32 heavy (non-hydrogen) atoms. The van der Waals surface area contributed by atoms with Gasteiger partial charge in [0.1, 0.15) is 11.3 Å². The van der Waals surface area contributed by atoms with Crippen molar-refractivity contribution in [2.75, 3.05) is 0 Å². The number of rotatable bonds is 8. The number of hydrogen-bond acceptors (Lipinski definition) is 5. The normalized spacial score (nSPS) is 12.1. The zero-order valence-corrected chi connectivity index (χ0v) is 20.0. The van der Waals surface area contributed by atoms with Crippen LogP contribution in [0.15, 0.2) is 52.0 Å². The highest BCUT2D eigenvalue weighted by Crippen LogP contribution is 2.34. The van der Waals surface area contributed by atoms with E-state index in [1.807, 2.05) is 44.2 Å². The van der Waals surface area contributed by atoms with Gasteiger partial charge in [0.2, 0.25) is 0 Å². The van der Waals surface area contributed by atoms with Gasteiger partial charge in [0.05, 0.1) is 11.8 Å². The van der Waals surface area contributed by atoms with Gasteiger partial charge in [-0.25, -0.2) is 4.79 Å². The number of furan rings is 1. The number of aliphatic carboxylic acids is 1. The summed E-state index contributed by atoms with van der Waals surface area (Å²) < 4.78 is 11.4. The van der Waals surface area contributed by atoms with Crippen LogP contribution in [0.5, 0.6) is 5.75 Å². The van der Waals surface area contributed by atoms with E-state index < -0.39 is 11.6 Å². The Bertz CT molecular complexity index is 1180. The first kappa shape index (κ1) is 23.7. The molecule has 1 N–H and O–H groups in total. The minimum Gasteiger partial charge on any atom is -0.478 e. The molecule has 1 aromatic heterocycles. The molecule has 0 saturated heterocycles. The smallest absolute Gasteiger partial charge is 0.347 e. The molecular weight excluding hydrogens is 424 g/mol. The molecule has 168 valence electrons. The monoisotopic (exact) mass is 452 g/mol. The molecule has 0 aliphatic carbocycles. The maximum Gasteiger partial charge on any atom is 0.347 e. The number of thioether (sulfide) groups is 1. The number of carboxylic acids is 1. The standard InChI is InChI=1S/C26H28O5S/c1-15(2)32-22-10-8-19(24-20(22)11-12-30-24)21(27)9-7-18-13-16(3)23(17(4)14-18)31-26(5,6)25(28)29/h7-15H,1-6H3,(H,28,29)/b9-7+. The Labute approximate surface area is 192 Å². The zero-order valence-electron chi connectivity index (χ0n) is 19.2. The van der Waals surface area contributed by atoms with E-state index in [0.717, 1.165) is 27.0 Å². The summed E-state index contributed by atoms with van der Waals surface area (Å²) in [5.74, 6) is -0.641. The van der Waals surface area contributed by atoms with E-state index in [4.69, 9.17) is 9.15 Å². The van der Waals surface area contributed by atoms with Gasteiger partial charge in [-0.2, -0.15) is 0 Å². The second kappa shape index (κ2) is 9.25. The lowest BCUT2D eigenvalue weighted by atomic mass is 10.0. The highest BCUT2D eigenvalue weighted by molar-refractivity contribution is 8.00. The van der Waals surface area contributed by atoms with Crippen molar-refractivity contribution in [1.29, 1.82) is 0 Å². The van der Waals surface area contributed by atoms with Crippen molar-refractivity contribution in [3.05, 3.63) is 64.9 Å². The molecule has 1 heterocycles. The molecule has 0 spiro atoms. The molecule has 0 bridgehead atoms. The fourth-order valence-corrected chi connectivity index (χ4v) is 4.33. The fourth-order valence-electron chi connectivity index (χ4n) is 3.39. The van der Waals surface area contributed by atoms with Crippen molar-refractivity contribution in [2.45, 2.75) is 57.3 Å². The van der Waals surface area contributed by atoms with Crippen molar-refractivity contribution in [1.82, 2.24) is 0 Å². The first-order valence-corrected chi connectivity index (χ1v) is 11.3. The maximum absolute atomic E-state index is 12.9. The lowest BCUT2D eigenvalue weighted by molar-refractivity contribution is -0.152. The van der Waals surface area contributed by atoms with Crippen molar-refractivity contribution in [2.24, 2.45) is 0 Å². The first-order valence-electron chi connectivity index (χ1n) is 10.4. The second-order valence-corrected chi connectivity index (χ2v) is 10.2. The minimum absolute atomic E-state index is 0.145. The highest BCUT2D eigenvalue weighted by atomic mass is 32.2. The minimum atomic E-state index is -1.34. The average Bonchev–Trinajstić information content (AvgIpc) is 3.19. The second-order valence-electron chi connectivity index (χ2n) is 8.54. The van der Waals surface area contributed by atoms with E-state index >= 15 is 0 Å². The summed E-state index contributed by atoms with van der Waals surface area (Å²) in [5.41, 5.74) is 2.21. The van der Waals surface area contributed by atoms with Gasteiger partial charge >= 0.3 is 5.97 Å². The fraction of sp³-hybridized carbons (Fsp3) is 0.308. The van der Waals surface area contributed by atoms with Crippen LogP contribution in [0.2, 0.25) is 0 Å². The van der Waals surface area contributed by atoms with Crippen molar-refractivity contribution in [3.63, 3.8) is 0 Å². The number of aryl methyl sites for hydroxylation is 2. The average molecular weight is 453 g/mol. The van der Waals surface area contributed by atoms with Gasteiger partial charge < -0.3 is 14.3 Å². The lowest BCUT2D eigenvalue weighted by Crippen LogP contribution is -2.38. The lowest BCUT2D eigenvalue weighted by Gasteiger charge is -2.24. The molecule has 0 atom stereocenters. The van der Waals surface area contributed by atoms with Crippen LogP contribution in [0, 0.1) is 13.8 Å². The molecule has 2 aromatic carbocycles. The van der Waals surface area contributed by atoms with E-state index in [-0.39, 0.29) is 5.78 Å². The van der Waals surface area contributed by atoms with Crippen LogP contribution in [0.25, 0.3) is 17.0 Å². The van der Waals surface area contributed by atoms with E-state index in [0.29, 0.717) is 22.1 Å². The molecule has 5 nitrogen and oxygen atoms in total. The third kappa shape index (κ3) is 5.07. The Morgan fingerprint density at radius 2 is 1.78 bits per heavy atom. The quantitative estimate of drug-likeness (QED) is 0.233. The summed E-state index contributed by atoms with van der Waals surface area (Å²) in [4.78, 5) is 25.4. The molecule has 0 radical (unpaired) electrons. The number of carboxylic acid groups (broad SMARTS) is 1. The molecule has 0 saturated carbocycles. The number of carbonyl (C=O) groups excluding carboxylic acids is 1. The first-order chi connectivity index (χ1) is 15.0. The largest absolute Gasteiger partial charge is 0.478 e. The SMILES string of the molecule is Cc1cc(/C=C/C(=O)c2ccc(SC(C)C)c3ccoc23)cc(C)c1OC(C)(C)C(=O)O. The van der Waals surface area contributed by atoms with Gasteiger partial charge in [-0.05, 0) is 80.8 Å². The Balaban J connectivity index is 1.86. The molecule has 6 heteroatoms. The number of carbonyl (C=O) groups is 2. The molecule has 0 aliphatic rings. The van der Waals surface area contributed by atoms with Gasteiger partial charge in [-0.15, -0.1) is 11.8 Å². The summed E-state index contributed by atoms with van der Waals surface area (Å²) in [6.45, 7) is 11.0. The Morgan fingerprint density at radius 1 is 1.12 bits per heavy atom. The number of allylic oxidation sites excluding steroid dienone is 1. The number of ether oxygens (including phenoxy) is 1. The topological polar surface area (TPSA) is 76.7 Å². The number of ketones is 1. The summed E-state index contributed by atoms with van der Waals surface area (Å²) in [6, 6.07) is 9.41. The zero-order chi connectivity index (χ0) is 23.6. The Kier molecular flexibility index (Phi) is 6.84. The van der Waals surface area contributed by atoms with E-state index in [2.05, 4.69) is 13.8 Å². The van der Waals surface area contributed by atoms with Gasteiger partial charge in [0.25, 0.3) is 0 Å². The predicted octanol–water partition coefficient (Wildman–Crippen LogP) is 6.69. The van der Waals surface area contributed by atoms with Gasteiger partial charge in [-0.1, -0.05) is 19.9 Å². The number of fused-ring (bicyclic) bond motifs is 1. The molecule has 0 aliphatic heterocycles. The number of hydrogen-bond donors (Lipinski definition) is 1. The molecule has 3 aromatic rings.